The van der Waals surface area contributed by atoms with E-state index < -0.39 is 8.32 Å². The summed E-state index contributed by atoms with van der Waals surface area (Å²) < 4.78 is 6.40. The lowest BCUT2D eigenvalue weighted by molar-refractivity contribution is 0.283. The molecule has 0 amide bonds. The van der Waals surface area contributed by atoms with Crippen molar-refractivity contribution in [3.8, 4) is 0 Å². The first-order valence-electron chi connectivity index (χ1n) is 8.30. The summed E-state index contributed by atoms with van der Waals surface area (Å²) in [5, 5.41) is 0.337. The molecule has 1 nitrogen and oxygen atoms in total. The minimum Gasteiger partial charge on any atom is -0.416 e. The summed E-state index contributed by atoms with van der Waals surface area (Å²) in [5.74, 6) is 1.69. The number of hydrogen-bond donors (Lipinski definition) is 0. The Labute approximate surface area is 122 Å². The summed E-state index contributed by atoms with van der Waals surface area (Å²) in [7, 11) is -1.56. The van der Waals surface area contributed by atoms with Crippen LogP contribution in [0.15, 0.2) is 0 Å². The lowest BCUT2D eigenvalue weighted by Crippen LogP contribution is -2.41. The minimum atomic E-state index is -1.56. The van der Waals surface area contributed by atoms with E-state index in [1.165, 1.54) is 57.8 Å². The van der Waals surface area contributed by atoms with E-state index in [1.807, 2.05) is 0 Å². The van der Waals surface area contributed by atoms with Crippen molar-refractivity contribution in [2.75, 3.05) is 6.61 Å². The summed E-state index contributed by atoms with van der Waals surface area (Å²) in [6.07, 6.45) is 12.6. The Morgan fingerprint density at radius 1 is 0.842 bits per heavy atom. The van der Waals surface area contributed by atoms with Gasteiger partial charge in [0.1, 0.15) is 0 Å². The molecule has 0 unspecified atom stereocenters. The van der Waals surface area contributed by atoms with Crippen LogP contribution in [-0.2, 0) is 4.43 Å². The molecule has 0 aliphatic heterocycles. The fourth-order valence-electron chi connectivity index (χ4n) is 2.40. The van der Waals surface area contributed by atoms with Gasteiger partial charge in [0.15, 0.2) is 8.32 Å². The van der Waals surface area contributed by atoms with Gasteiger partial charge < -0.3 is 4.43 Å². The van der Waals surface area contributed by atoms with Crippen LogP contribution in [-0.4, -0.2) is 14.9 Å². The summed E-state index contributed by atoms with van der Waals surface area (Å²) in [4.78, 5) is 0. The number of rotatable bonds is 3. The predicted molar refractivity (Wildman–Crippen MR) is 87.9 cm³/mol. The van der Waals surface area contributed by atoms with Gasteiger partial charge in [-0.25, -0.2) is 0 Å². The monoisotopic (exact) mass is 283 g/mol. The molecule has 2 heteroatoms. The molecule has 0 aromatic carbocycles. The van der Waals surface area contributed by atoms with E-state index in [0.29, 0.717) is 5.04 Å². The van der Waals surface area contributed by atoms with Crippen LogP contribution in [0.5, 0.6) is 0 Å². The van der Waals surface area contributed by atoms with Crippen molar-refractivity contribution in [2.45, 2.75) is 96.7 Å². The van der Waals surface area contributed by atoms with E-state index in [1.54, 1.807) is 5.92 Å². The van der Waals surface area contributed by atoms with Gasteiger partial charge in [0.25, 0.3) is 0 Å². The average molecular weight is 284 g/mol. The van der Waals surface area contributed by atoms with Gasteiger partial charge in [0, 0.05) is 12.5 Å². The van der Waals surface area contributed by atoms with Gasteiger partial charge in [-0.3, -0.25) is 0 Å². The maximum atomic E-state index is 6.40. The standard InChI is InChI=1S/C17H35OSi/c1-17(2,3)19(4,5)18-15-16-13-11-9-7-6-8-10-12-14-16/h6-15H2,1-5H3. The fraction of sp³-hybridized carbons (Fsp3) is 0.941. The van der Waals surface area contributed by atoms with E-state index in [9.17, 15) is 0 Å². The molecule has 0 heterocycles. The van der Waals surface area contributed by atoms with Gasteiger partial charge in [-0.1, -0.05) is 65.7 Å². The first kappa shape index (κ1) is 17.2. The molecule has 0 saturated heterocycles. The Morgan fingerprint density at radius 2 is 1.26 bits per heavy atom. The van der Waals surface area contributed by atoms with Crippen molar-refractivity contribution in [1.82, 2.24) is 0 Å². The summed E-state index contributed by atoms with van der Waals surface area (Å²) in [5.41, 5.74) is 0. The maximum absolute atomic E-state index is 6.40. The summed E-state index contributed by atoms with van der Waals surface area (Å²) in [6.45, 7) is 12.7. The van der Waals surface area contributed by atoms with E-state index >= 15 is 0 Å². The van der Waals surface area contributed by atoms with Crippen LogP contribution >= 0.6 is 0 Å². The van der Waals surface area contributed by atoms with Gasteiger partial charge in [-0.15, -0.1) is 0 Å². The van der Waals surface area contributed by atoms with Crippen LogP contribution in [0.2, 0.25) is 18.1 Å². The second-order valence-electron chi connectivity index (χ2n) is 7.77. The Bertz CT molecular complexity index is 232. The highest BCUT2D eigenvalue weighted by Crippen LogP contribution is 2.37. The smallest absolute Gasteiger partial charge is 0.192 e. The zero-order valence-corrected chi connectivity index (χ0v) is 15.0. The third kappa shape index (κ3) is 6.44. The normalized spacial score (nSPS) is 21.3. The molecule has 19 heavy (non-hydrogen) atoms. The average Bonchev–Trinajstić information content (AvgIpc) is 2.32. The molecule has 1 radical (unpaired) electrons. The van der Waals surface area contributed by atoms with Gasteiger partial charge in [-0.05, 0) is 31.0 Å². The molecular formula is C17H35OSi. The molecule has 0 spiro atoms. The topological polar surface area (TPSA) is 9.23 Å². The molecule has 0 aromatic rings. The third-order valence-corrected chi connectivity index (χ3v) is 9.48. The molecule has 0 aromatic heterocycles. The lowest BCUT2D eigenvalue weighted by Gasteiger charge is -2.37. The fourth-order valence-corrected chi connectivity index (χ4v) is 3.40. The second kappa shape index (κ2) is 7.83. The van der Waals surface area contributed by atoms with E-state index in [-0.39, 0.29) is 0 Å². The van der Waals surface area contributed by atoms with Crippen molar-refractivity contribution >= 4 is 8.32 Å². The van der Waals surface area contributed by atoms with E-state index in [4.69, 9.17) is 4.43 Å². The largest absolute Gasteiger partial charge is 0.416 e. The van der Waals surface area contributed by atoms with Gasteiger partial charge >= 0.3 is 0 Å². The van der Waals surface area contributed by atoms with Crippen LogP contribution in [0, 0.1) is 5.92 Å². The number of hydrogen-bond acceptors (Lipinski definition) is 1. The van der Waals surface area contributed by atoms with Crippen molar-refractivity contribution < 1.29 is 4.43 Å². The summed E-state index contributed by atoms with van der Waals surface area (Å²) >= 11 is 0. The minimum absolute atomic E-state index is 0.337. The Balaban J connectivity index is 2.40. The second-order valence-corrected chi connectivity index (χ2v) is 12.6. The Kier molecular flexibility index (Phi) is 7.10. The zero-order valence-electron chi connectivity index (χ0n) is 14.0. The first-order valence-corrected chi connectivity index (χ1v) is 11.2. The highest BCUT2D eigenvalue weighted by molar-refractivity contribution is 6.74. The van der Waals surface area contributed by atoms with Crippen molar-refractivity contribution in [2.24, 2.45) is 0 Å². The Morgan fingerprint density at radius 3 is 1.68 bits per heavy atom. The first-order chi connectivity index (χ1) is 8.83. The molecule has 1 fully saturated rings. The van der Waals surface area contributed by atoms with Gasteiger partial charge in [0.05, 0.1) is 0 Å². The van der Waals surface area contributed by atoms with E-state index in [2.05, 4.69) is 33.9 Å². The van der Waals surface area contributed by atoms with Crippen LogP contribution in [0.4, 0.5) is 0 Å². The van der Waals surface area contributed by atoms with Crippen molar-refractivity contribution in [3.05, 3.63) is 5.92 Å². The summed E-state index contributed by atoms with van der Waals surface area (Å²) in [6, 6.07) is 0. The highest BCUT2D eigenvalue weighted by atomic mass is 28.4. The predicted octanol–water partition coefficient (Wildman–Crippen LogP) is 6.11. The molecule has 1 rings (SSSR count). The van der Waals surface area contributed by atoms with Crippen LogP contribution in [0.25, 0.3) is 0 Å². The van der Waals surface area contributed by atoms with E-state index in [0.717, 1.165) is 6.61 Å². The molecule has 1 aliphatic carbocycles. The molecule has 1 aliphatic rings. The maximum Gasteiger partial charge on any atom is 0.192 e. The SMILES string of the molecule is CC(C)(C)[Si](C)(C)OC[C]1CCCCCCCCC1. The van der Waals surface area contributed by atoms with Crippen LogP contribution in [0.1, 0.15) is 78.6 Å². The molecule has 0 atom stereocenters. The molecule has 0 N–H and O–H groups in total. The van der Waals surface area contributed by atoms with Gasteiger partial charge in [-0.2, -0.15) is 0 Å². The zero-order chi connectivity index (χ0) is 14.4. The molecule has 113 valence electrons. The molecule has 0 bridgehead atoms. The van der Waals surface area contributed by atoms with Crippen LogP contribution < -0.4 is 0 Å². The molecular weight excluding hydrogens is 248 g/mol. The van der Waals surface area contributed by atoms with Crippen LogP contribution in [0.3, 0.4) is 0 Å². The molecule has 1 saturated carbocycles. The van der Waals surface area contributed by atoms with Crippen molar-refractivity contribution in [1.29, 1.82) is 0 Å². The Hall–Kier alpha value is 0.177. The third-order valence-electron chi connectivity index (χ3n) is 5.00. The highest BCUT2D eigenvalue weighted by Gasteiger charge is 2.37. The quantitative estimate of drug-likeness (QED) is 0.568. The lowest BCUT2D eigenvalue weighted by atomic mass is 9.93. The van der Waals surface area contributed by atoms with Crippen molar-refractivity contribution in [3.63, 3.8) is 0 Å². The van der Waals surface area contributed by atoms with Gasteiger partial charge in [0.2, 0.25) is 0 Å².